The zero-order chi connectivity index (χ0) is 17.5. The average Bonchev–Trinajstić information content (AvgIpc) is 3.04. The number of tetrazole rings is 1. The summed E-state index contributed by atoms with van der Waals surface area (Å²) in [5, 5.41) is 16.9. The summed E-state index contributed by atoms with van der Waals surface area (Å²) >= 11 is 0. The Morgan fingerprint density at radius 3 is 2.68 bits per heavy atom. The zero-order valence-electron chi connectivity index (χ0n) is 14.6. The van der Waals surface area contributed by atoms with Crippen LogP contribution in [0, 0.1) is 0 Å². The number of pyridine rings is 1. The van der Waals surface area contributed by atoms with Gasteiger partial charge in [0, 0.05) is 19.3 Å². The Bertz CT molecular complexity index is 648. The van der Waals surface area contributed by atoms with Gasteiger partial charge in [0.1, 0.15) is 5.82 Å². The number of nitrogens with zero attached hydrogens (tertiary/aromatic N) is 5. The summed E-state index contributed by atoms with van der Waals surface area (Å²) in [6.45, 7) is 4.13. The van der Waals surface area contributed by atoms with Crippen LogP contribution in [0.4, 0.5) is 5.82 Å². The molecule has 0 aliphatic carbocycles. The molecular weight excluding hydrogens is 318 g/mol. The maximum atomic E-state index is 12.5. The quantitative estimate of drug-likeness (QED) is 0.834. The Morgan fingerprint density at radius 2 is 2.08 bits per heavy atom. The van der Waals surface area contributed by atoms with Gasteiger partial charge in [-0.3, -0.25) is 4.79 Å². The smallest absolute Gasteiger partial charge is 0.253 e. The number of amides is 1. The highest BCUT2D eigenvalue weighted by atomic mass is 16.1. The number of hydrogen-bond donors (Lipinski definition) is 2. The van der Waals surface area contributed by atoms with E-state index in [1.807, 2.05) is 12.1 Å². The topological polar surface area (TPSA) is 99.7 Å². The van der Waals surface area contributed by atoms with E-state index in [9.17, 15) is 4.79 Å². The number of carbonyl (C=O) groups is 1. The van der Waals surface area contributed by atoms with Gasteiger partial charge in [-0.15, -0.1) is 10.2 Å². The average molecular weight is 343 g/mol. The summed E-state index contributed by atoms with van der Waals surface area (Å²) in [4.78, 5) is 19.3. The summed E-state index contributed by atoms with van der Waals surface area (Å²) in [7, 11) is 0. The van der Waals surface area contributed by atoms with Crippen LogP contribution in [-0.4, -0.2) is 44.6 Å². The van der Waals surface area contributed by atoms with E-state index in [1.165, 1.54) is 25.7 Å². The molecule has 25 heavy (non-hydrogen) atoms. The molecule has 8 nitrogen and oxygen atoms in total. The molecule has 3 heterocycles. The molecule has 0 bridgehead atoms. The first-order valence-corrected chi connectivity index (χ1v) is 9.03. The van der Waals surface area contributed by atoms with Gasteiger partial charge < -0.3 is 10.2 Å². The molecule has 0 saturated carbocycles. The highest BCUT2D eigenvalue weighted by molar-refractivity contribution is 5.94. The number of anilines is 1. The highest BCUT2D eigenvalue weighted by Crippen LogP contribution is 2.18. The fourth-order valence-electron chi connectivity index (χ4n) is 3.12. The Hall–Kier alpha value is -2.51. The molecule has 2 aromatic heterocycles. The van der Waals surface area contributed by atoms with Crippen molar-refractivity contribution in [2.75, 3.05) is 18.0 Å². The van der Waals surface area contributed by atoms with Crippen molar-refractivity contribution in [3.05, 3.63) is 29.7 Å². The van der Waals surface area contributed by atoms with Gasteiger partial charge in [0.05, 0.1) is 11.6 Å². The molecule has 1 aliphatic rings. The number of aromatic nitrogens is 5. The summed E-state index contributed by atoms with van der Waals surface area (Å²) in [6, 6.07) is 3.52. The predicted molar refractivity (Wildman–Crippen MR) is 94.2 cm³/mol. The number of hydrogen-bond acceptors (Lipinski definition) is 6. The lowest BCUT2D eigenvalue weighted by Gasteiger charge is -2.21. The molecule has 2 N–H and O–H groups in total. The monoisotopic (exact) mass is 343 g/mol. The Balaban J connectivity index is 1.65. The number of nitrogens with one attached hydrogen (secondary N) is 2. The Morgan fingerprint density at radius 1 is 1.28 bits per heavy atom. The van der Waals surface area contributed by atoms with Crippen LogP contribution in [0.1, 0.15) is 67.7 Å². The minimum atomic E-state index is -0.249. The molecule has 0 radical (unpaired) electrons. The van der Waals surface area contributed by atoms with Crippen molar-refractivity contribution in [3.8, 4) is 0 Å². The fourth-order valence-corrected chi connectivity index (χ4v) is 3.12. The van der Waals surface area contributed by atoms with Crippen molar-refractivity contribution in [1.82, 2.24) is 30.9 Å². The maximum absolute atomic E-state index is 12.5. The van der Waals surface area contributed by atoms with Crippen molar-refractivity contribution < 1.29 is 4.79 Å². The summed E-state index contributed by atoms with van der Waals surface area (Å²) in [6.07, 6.45) is 8.28. The van der Waals surface area contributed by atoms with Crippen LogP contribution in [0.2, 0.25) is 0 Å². The molecule has 1 amide bonds. The SMILES string of the molecule is CCCC(NC(=O)c1ccc(N2CCCCCC2)nc1)c1nn[nH]n1. The first kappa shape index (κ1) is 17.3. The number of rotatable bonds is 6. The van der Waals surface area contributed by atoms with E-state index in [-0.39, 0.29) is 11.9 Å². The third kappa shape index (κ3) is 4.52. The normalized spacial score (nSPS) is 16.3. The van der Waals surface area contributed by atoms with Crippen LogP contribution in [0.3, 0.4) is 0 Å². The van der Waals surface area contributed by atoms with Gasteiger partial charge in [-0.05, 0) is 31.4 Å². The molecule has 8 heteroatoms. The summed E-state index contributed by atoms with van der Waals surface area (Å²) < 4.78 is 0. The van der Waals surface area contributed by atoms with E-state index < -0.39 is 0 Å². The van der Waals surface area contributed by atoms with Gasteiger partial charge >= 0.3 is 0 Å². The number of H-pyrrole nitrogens is 1. The minimum Gasteiger partial charge on any atom is -0.357 e. The summed E-state index contributed by atoms with van der Waals surface area (Å²) in [5.74, 6) is 1.28. The second-order valence-corrected chi connectivity index (χ2v) is 6.39. The van der Waals surface area contributed by atoms with Crippen LogP contribution in [-0.2, 0) is 0 Å². The van der Waals surface area contributed by atoms with E-state index in [1.54, 1.807) is 6.20 Å². The fraction of sp³-hybridized carbons (Fsp3) is 0.588. The molecule has 1 saturated heterocycles. The van der Waals surface area contributed by atoms with Gasteiger partial charge in [-0.2, -0.15) is 5.21 Å². The molecule has 0 aromatic carbocycles. The molecule has 134 valence electrons. The molecule has 1 unspecified atom stereocenters. The molecular formula is C17H25N7O. The molecule has 3 rings (SSSR count). The van der Waals surface area contributed by atoms with Crippen LogP contribution in [0.25, 0.3) is 0 Å². The van der Waals surface area contributed by atoms with Crippen molar-refractivity contribution in [2.24, 2.45) is 0 Å². The Labute approximate surface area is 147 Å². The molecule has 1 atom stereocenters. The van der Waals surface area contributed by atoms with Gasteiger partial charge in [-0.25, -0.2) is 4.98 Å². The van der Waals surface area contributed by atoms with Crippen molar-refractivity contribution in [2.45, 2.75) is 51.5 Å². The first-order valence-electron chi connectivity index (χ1n) is 9.03. The number of aromatic amines is 1. The van der Waals surface area contributed by atoms with Crippen LogP contribution in [0.5, 0.6) is 0 Å². The lowest BCUT2D eigenvalue weighted by atomic mass is 10.1. The third-order valence-corrected chi connectivity index (χ3v) is 4.50. The largest absolute Gasteiger partial charge is 0.357 e. The van der Waals surface area contributed by atoms with Crippen molar-refractivity contribution >= 4 is 11.7 Å². The Kier molecular flexibility index (Phi) is 5.92. The van der Waals surface area contributed by atoms with Gasteiger partial charge in [0.25, 0.3) is 5.91 Å². The van der Waals surface area contributed by atoms with E-state index in [0.717, 1.165) is 31.7 Å². The summed E-state index contributed by atoms with van der Waals surface area (Å²) in [5.41, 5.74) is 0.545. The van der Waals surface area contributed by atoms with E-state index in [0.29, 0.717) is 11.4 Å². The minimum absolute atomic E-state index is 0.168. The zero-order valence-corrected chi connectivity index (χ0v) is 14.6. The van der Waals surface area contributed by atoms with Gasteiger partial charge in [0.2, 0.25) is 0 Å². The molecule has 0 spiro atoms. The van der Waals surface area contributed by atoms with Crippen LogP contribution >= 0.6 is 0 Å². The maximum Gasteiger partial charge on any atom is 0.253 e. The van der Waals surface area contributed by atoms with Crippen LogP contribution < -0.4 is 10.2 Å². The standard InChI is InChI=1S/C17H25N7O/c1-2-7-14(16-20-22-23-21-16)19-17(25)13-8-9-15(18-12-13)24-10-5-3-4-6-11-24/h8-9,12,14H,2-7,10-11H2,1H3,(H,19,25)(H,20,21,22,23). The van der Waals surface area contributed by atoms with E-state index >= 15 is 0 Å². The van der Waals surface area contributed by atoms with E-state index in [2.05, 4.69) is 42.7 Å². The van der Waals surface area contributed by atoms with E-state index in [4.69, 9.17) is 0 Å². The van der Waals surface area contributed by atoms with Crippen LogP contribution in [0.15, 0.2) is 18.3 Å². The molecule has 1 aliphatic heterocycles. The van der Waals surface area contributed by atoms with Gasteiger partial charge in [-0.1, -0.05) is 31.4 Å². The van der Waals surface area contributed by atoms with Crippen molar-refractivity contribution in [3.63, 3.8) is 0 Å². The third-order valence-electron chi connectivity index (χ3n) is 4.50. The van der Waals surface area contributed by atoms with Gasteiger partial charge in [0.15, 0.2) is 5.82 Å². The molecule has 1 fully saturated rings. The van der Waals surface area contributed by atoms with Crippen molar-refractivity contribution in [1.29, 1.82) is 0 Å². The number of carbonyl (C=O) groups excluding carboxylic acids is 1. The lowest BCUT2D eigenvalue weighted by molar-refractivity contribution is 0.0932. The lowest BCUT2D eigenvalue weighted by Crippen LogP contribution is -2.30. The predicted octanol–water partition coefficient (Wildman–Crippen LogP) is 2.25. The first-order chi connectivity index (χ1) is 12.3. The second-order valence-electron chi connectivity index (χ2n) is 6.39. The second kappa shape index (κ2) is 8.55. The molecule has 2 aromatic rings. The highest BCUT2D eigenvalue weighted by Gasteiger charge is 2.19.